The van der Waals surface area contributed by atoms with E-state index in [2.05, 4.69) is 5.32 Å². The fourth-order valence-corrected chi connectivity index (χ4v) is 3.56. The number of rotatable bonds is 4. The lowest BCUT2D eigenvalue weighted by molar-refractivity contribution is -0.142. The van der Waals surface area contributed by atoms with Gasteiger partial charge in [-0.3, -0.25) is 15.0 Å². The van der Waals surface area contributed by atoms with Gasteiger partial charge < -0.3 is 25.4 Å². The highest BCUT2D eigenvalue weighted by atomic mass is 16.5. The summed E-state index contributed by atoms with van der Waals surface area (Å²) in [5.74, 6) is 0.468. The minimum absolute atomic E-state index is 0.00144. The van der Waals surface area contributed by atoms with Crippen molar-refractivity contribution in [3.8, 4) is 5.75 Å². The number of nitrogens with one attached hydrogen (secondary N) is 2. The van der Waals surface area contributed by atoms with E-state index in [0.29, 0.717) is 25.9 Å². The first kappa shape index (κ1) is 19.0. The average molecular weight is 374 g/mol. The van der Waals surface area contributed by atoms with E-state index in [4.69, 9.17) is 20.6 Å². The van der Waals surface area contributed by atoms with Crippen molar-refractivity contribution in [2.24, 2.45) is 11.7 Å². The van der Waals surface area contributed by atoms with Gasteiger partial charge in [-0.05, 0) is 49.4 Å². The van der Waals surface area contributed by atoms with Gasteiger partial charge in [-0.1, -0.05) is 0 Å². The molecule has 8 heteroatoms. The molecule has 1 unspecified atom stereocenters. The number of methoxy groups -OCH3 is 1. The number of carbonyl (C=O) groups excluding carboxylic acids is 2. The number of nitrogens with zero attached hydrogens (tertiary/aromatic N) is 1. The van der Waals surface area contributed by atoms with E-state index in [1.54, 1.807) is 4.90 Å². The Balaban J connectivity index is 1.56. The van der Waals surface area contributed by atoms with Crippen molar-refractivity contribution in [2.45, 2.75) is 38.2 Å². The molecule has 1 fully saturated rings. The molecule has 1 saturated heterocycles. The SMILES string of the molecule is COC(=O)CC1CCc2cc(NC(=O)C3CCN(C(=N)N)CC3)ccc2O1. The van der Waals surface area contributed by atoms with Crippen LogP contribution in [0.2, 0.25) is 0 Å². The highest BCUT2D eigenvalue weighted by Crippen LogP contribution is 2.31. The lowest BCUT2D eigenvalue weighted by Gasteiger charge is -2.31. The molecule has 1 atom stereocenters. The number of guanidine groups is 1. The van der Waals surface area contributed by atoms with Crippen LogP contribution in [-0.2, 0) is 20.7 Å². The highest BCUT2D eigenvalue weighted by Gasteiger charge is 2.26. The molecule has 1 aromatic carbocycles. The Morgan fingerprint density at radius 2 is 2.07 bits per heavy atom. The first-order chi connectivity index (χ1) is 13.0. The normalized spacial score (nSPS) is 19.6. The summed E-state index contributed by atoms with van der Waals surface area (Å²) in [7, 11) is 1.37. The summed E-state index contributed by atoms with van der Waals surface area (Å²) in [5, 5.41) is 10.4. The van der Waals surface area contributed by atoms with Gasteiger partial charge in [0.2, 0.25) is 5.91 Å². The van der Waals surface area contributed by atoms with Crippen molar-refractivity contribution in [1.82, 2.24) is 4.90 Å². The van der Waals surface area contributed by atoms with Crippen LogP contribution in [0.1, 0.15) is 31.2 Å². The molecular weight excluding hydrogens is 348 g/mol. The molecule has 0 spiro atoms. The van der Waals surface area contributed by atoms with Crippen LogP contribution in [0.5, 0.6) is 5.75 Å². The van der Waals surface area contributed by atoms with Gasteiger partial charge in [0.05, 0.1) is 13.5 Å². The van der Waals surface area contributed by atoms with Gasteiger partial charge in [0.25, 0.3) is 0 Å². The van der Waals surface area contributed by atoms with Crippen LogP contribution >= 0.6 is 0 Å². The number of ether oxygens (including phenoxy) is 2. The third kappa shape index (κ3) is 4.69. The van der Waals surface area contributed by atoms with E-state index in [1.807, 2.05) is 18.2 Å². The Kier molecular flexibility index (Phi) is 5.83. The number of fused-ring (bicyclic) bond motifs is 1. The number of hydrogen-bond donors (Lipinski definition) is 3. The summed E-state index contributed by atoms with van der Waals surface area (Å²) in [6, 6.07) is 5.60. The van der Waals surface area contributed by atoms with Crippen LogP contribution < -0.4 is 15.8 Å². The predicted octanol–water partition coefficient (Wildman–Crippen LogP) is 1.49. The van der Waals surface area contributed by atoms with Crippen molar-refractivity contribution in [2.75, 3.05) is 25.5 Å². The molecule has 0 aliphatic carbocycles. The number of nitrogens with two attached hydrogens (primary N) is 1. The topological polar surface area (TPSA) is 118 Å². The second-order valence-electron chi connectivity index (χ2n) is 7.02. The quantitative estimate of drug-likeness (QED) is 0.417. The van der Waals surface area contributed by atoms with Gasteiger partial charge in [0.15, 0.2) is 5.96 Å². The van der Waals surface area contributed by atoms with Crippen LogP contribution in [0.4, 0.5) is 5.69 Å². The van der Waals surface area contributed by atoms with E-state index in [0.717, 1.165) is 29.8 Å². The van der Waals surface area contributed by atoms with Gasteiger partial charge in [-0.25, -0.2) is 0 Å². The maximum absolute atomic E-state index is 12.5. The first-order valence-electron chi connectivity index (χ1n) is 9.22. The number of likely N-dealkylation sites (tertiary alicyclic amines) is 1. The molecule has 2 aliphatic rings. The lowest BCUT2D eigenvalue weighted by Crippen LogP contribution is -2.44. The molecule has 3 rings (SSSR count). The van der Waals surface area contributed by atoms with Crippen molar-refractivity contribution in [3.63, 3.8) is 0 Å². The molecule has 1 aromatic rings. The van der Waals surface area contributed by atoms with Gasteiger partial charge in [0, 0.05) is 24.7 Å². The Hall–Kier alpha value is -2.77. The Bertz CT molecular complexity index is 728. The maximum atomic E-state index is 12.5. The molecule has 2 aliphatic heterocycles. The highest BCUT2D eigenvalue weighted by molar-refractivity contribution is 5.93. The first-order valence-corrected chi connectivity index (χ1v) is 9.22. The molecule has 2 heterocycles. The molecule has 0 saturated carbocycles. The lowest BCUT2D eigenvalue weighted by atomic mass is 9.95. The van der Waals surface area contributed by atoms with Crippen molar-refractivity contribution in [1.29, 1.82) is 5.41 Å². The molecule has 146 valence electrons. The summed E-state index contributed by atoms with van der Waals surface area (Å²) in [4.78, 5) is 25.7. The number of esters is 1. The molecule has 0 bridgehead atoms. The summed E-state index contributed by atoms with van der Waals surface area (Å²) < 4.78 is 10.6. The van der Waals surface area contributed by atoms with Crippen molar-refractivity contribution < 1.29 is 19.1 Å². The fraction of sp³-hybridized carbons (Fsp3) is 0.526. The Labute approximate surface area is 158 Å². The zero-order valence-electron chi connectivity index (χ0n) is 15.5. The minimum Gasteiger partial charge on any atom is -0.490 e. The van der Waals surface area contributed by atoms with Crippen LogP contribution in [0, 0.1) is 11.3 Å². The zero-order chi connectivity index (χ0) is 19.4. The third-order valence-electron chi connectivity index (χ3n) is 5.19. The number of amides is 1. The summed E-state index contributed by atoms with van der Waals surface area (Å²) in [6.07, 6.45) is 2.98. The summed E-state index contributed by atoms with van der Waals surface area (Å²) in [6.45, 7) is 1.26. The van der Waals surface area contributed by atoms with Gasteiger partial charge in [-0.15, -0.1) is 0 Å². The Morgan fingerprint density at radius 3 is 2.74 bits per heavy atom. The van der Waals surface area contributed by atoms with Crippen LogP contribution in [0.15, 0.2) is 18.2 Å². The molecule has 0 radical (unpaired) electrons. The summed E-state index contributed by atoms with van der Waals surface area (Å²) in [5.41, 5.74) is 7.27. The van der Waals surface area contributed by atoms with Gasteiger partial charge >= 0.3 is 5.97 Å². The summed E-state index contributed by atoms with van der Waals surface area (Å²) >= 11 is 0. The minimum atomic E-state index is -0.275. The van der Waals surface area contributed by atoms with Crippen molar-refractivity contribution >= 4 is 23.5 Å². The number of carbonyl (C=O) groups is 2. The average Bonchev–Trinajstić information content (AvgIpc) is 2.68. The molecule has 27 heavy (non-hydrogen) atoms. The van der Waals surface area contributed by atoms with Gasteiger partial charge in [0.1, 0.15) is 11.9 Å². The number of hydrogen-bond acceptors (Lipinski definition) is 5. The van der Waals surface area contributed by atoms with Crippen molar-refractivity contribution in [3.05, 3.63) is 23.8 Å². The molecule has 4 N–H and O–H groups in total. The largest absolute Gasteiger partial charge is 0.490 e. The second-order valence-corrected chi connectivity index (χ2v) is 7.02. The van der Waals surface area contributed by atoms with Gasteiger partial charge in [-0.2, -0.15) is 0 Å². The van der Waals surface area contributed by atoms with E-state index >= 15 is 0 Å². The van der Waals surface area contributed by atoms with Crippen LogP contribution in [-0.4, -0.2) is 49.0 Å². The third-order valence-corrected chi connectivity index (χ3v) is 5.19. The smallest absolute Gasteiger partial charge is 0.309 e. The molecule has 0 aromatic heterocycles. The standard InChI is InChI=1S/C19H26N4O4/c1-26-17(24)11-15-4-2-13-10-14(3-5-16(13)27-15)22-18(25)12-6-8-23(9-7-12)19(20)21/h3,5,10,12,15H,2,4,6-9,11H2,1H3,(H3,20,21)(H,22,25). The Morgan fingerprint density at radius 1 is 1.33 bits per heavy atom. The van der Waals surface area contributed by atoms with E-state index in [9.17, 15) is 9.59 Å². The zero-order valence-corrected chi connectivity index (χ0v) is 15.5. The van der Waals surface area contributed by atoms with E-state index in [1.165, 1.54) is 7.11 Å². The van der Waals surface area contributed by atoms with Crippen LogP contribution in [0.25, 0.3) is 0 Å². The van der Waals surface area contributed by atoms with E-state index in [-0.39, 0.29) is 36.3 Å². The maximum Gasteiger partial charge on any atom is 0.309 e. The molecule has 1 amide bonds. The second kappa shape index (κ2) is 8.28. The predicted molar refractivity (Wildman–Crippen MR) is 101 cm³/mol. The number of piperidine rings is 1. The number of benzene rings is 1. The van der Waals surface area contributed by atoms with E-state index < -0.39 is 0 Å². The molecule has 8 nitrogen and oxygen atoms in total. The monoisotopic (exact) mass is 374 g/mol. The fourth-order valence-electron chi connectivity index (χ4n) is 3.56. The van der Waals surface area contributed by atoms with Crippen LogP contribution in [0.3, 0.4) is 0 Å². The number of anilines is 1. The number of aryl methyl sites for hydroxylation is 1. The molecular formula is C19H26N4O4.